The summed E-state index contributed by atoms with van der Waals surface area (Å²) in [5.74, 6) is 0.764. The molecule has 9 rings (SSSR count). The average molecular weight is 571 g/mol. The van der Waals surface area contributed by atoms with Crippen LogP contribution in [0.4, 0.5) is 5.69 Å². The van der Waals surface area contributed by atoms with E-state index in [4.69, 9.17) is 10.5 Å². The van der Waals surface area contributed by atoms with Gasteiger partial charge in [0, 0.05) is 36.6 Å². The highest BCUT2D eigenvalue weighted by Gasteiger charge is 2.17. The first-order valence-electron chi connectivity index (χ1n) is 14.5. The number of nitrogens with zero attached hydrogens (tertiary/aromatic N) is 1. The molecule has 0 saturated heterocycles. The molecule has 4 heteroatoms. The monoisotopic (exact) mass is 570 g/mol. The molecule has 204 valence electrons. The maximum absolute atomic E-state index is 6.45. The number of ether oxygens (including phenoxy) is 1. The summed E-state index contributed by atoms with van der Waals surface area (Å²) in [6.45, 7) is 0.441. The molecule has 0 bridgehead atoms. The van der Waals surface area contributed by atoms with Crippen LogP contribution in [0.2, 0.25) is 0 Å². The summed E-state index contributed by atoms with van der Waals surface area (Å²) in [6.07, 6.45) is 0. The zero-order valence-corrected chi connectivity index (χ0v) is 24.1. The number of thiophene rings is 1. The van der Waals surface area contributed by atoms with Gasteiger partial charge in [-0.3, -0.25) is 0 Å². The fourth-order valence-corrected chi connectivity index (χ4v) is 7.71. The van der Waals surface area contributed by atoms with E-state index in [0.29, 0.717) is 12.3 Å². The minimum atomic E-state index is 0.441. The SMILES string of the molecule is Nc1ccc2sc3ccccc3c2c1OCc1ccc(-n2c3cc4ccccc4cc3c3c4ccccc4ccc32)cc1. The van der Waals surface area contributed by atoms with Crippen LogP contribution in [0.5, 0.6) is 5.75 Å². The van der Waals surface area contributed by atoms with E-state index >= 15 is 0 Å². The van der Waals surface area contributed by atoms with Crippen molar-refractivity contribution in [1.82, 2.24) is 4.57 Å². The molecule has 0 aliphatic rings. The molecule has 0 unspecified atom stereocenters. The highest BCUT2D eigenvalue weighted by Crippen LogP contribution is 2.43. The first-order chi connectivity index (χ1) is 21.2. The smallest absolute Gasteiger partial charge is 0.151 e. The second-order valence-corrected chi connectivity index (χ2v) is 12.2. The van der Waals surface area contributed by atoms with Crippen molar-refractivity contribution in [3.8, 4) is 11.4 Å². The Morgan fingerprint density at radius 2 is 1.28 bits per heavy atom. The third-order valence-electron chi connectivity index (χ3n) is 8.63. The van der Waals surface area contributed by atoms with E-state index in [1.54, 1.807) is 11.3 Å². The van der Waals surface area contributed by atoms with Gasteiger partial charge in [-0.25, -0.2) is 0 Å². The van der Waals surface area contributed by atoms with Crippen LogP contribution >= 0.6 is 11.3 Å². The van der Waals surface area contributed by atoms with Gasteiger partial charge in [0.05, 0.1) is 16.7 Å². The lowest BCUT2D eigenvalue weighted by Gasteiger charge is -2.13. The van der Waals surface area contributed by atoms with Crippen LogP contribution in [-0.4, -0.2) is 4.57 Å². The van der Waals surface area contributed by atoms with Crippen molar-refractivity contribution >= 4 is 80.5 Å². The van der Waals surface area contributed by atoms with Gasteiger partial charge >= 0.3 is 0 Å². The summed E-state index contributed by atoms with van der Waals surface area (Å²) < 4.78 is 11.3. The molecule has 0 aliphatic carbocycles. The fourth-order valence-electron chi connectivity index (χ4n) is 6.60. The van der Waals surface area contributed by atoms with Crippen molar-refractivity contribution in [1.29, 1.82) is 0 Å². The molecular formula is C39H26N2OS. The molecule has 2 N–H and O–H groups in total. The summed E-state index contributed by atoms with van der Waals surface area (Å²) in [7, 11) is 0. The van der Waals surface area contributed by atoms with E-state index in [9.17, 15) is 0 Å². The van der Waals surface area contributed by atoms with Crippen LogP contribution in [0.15, 0.2) is 133 Å². The highest BCUT2D eigenvalue weighted by atomic mass is 32.1. The van der Waals surface area contributed by atoms with Crippen molar-refractivity contribution < 1.29 is 4.74 Å². The predicted molar refractivity (Wildman–Crippen MR) is 184 cm³/mol. The number of aromatic nitrogens is 1. The molecule has 0 amide bonds. The summed E-state index contributed by atoms with van der Waals surface area (Å²) in [4.78, 5) is 0. The van der Waals surface area contributed by atoms with Gasteiger partial charge in [0.25, 0.3) is 0 Å². The molecule has 7 aromatic carbocycles. The summed E-state index contributed by atoms with van der Waals surface area (Å²) in [6, 6.07) is 47.7. The Bertz CT molecular complexity index is 2520. The third-order valence-corrected chi connectivity index (χ3v) is 9.76. The molecule has 0 atom stereocenters. The Kier molecular flexibility index (Phi) is 5.28. The van der Waals surface area contributed by atoms with Crippen molar-refractivity contribution in [3.05, 3.63) is 139 Å². The molecule has 9 aromatic rings. The first kappa shape index (κ1) is 24.3. The predicted octanol–water partition coefficient (Wildman–Crippen LogP) is 10.6. The van der Waals surface area contributed by atoms with Gasteiger partial charge in [-0.2, -0.15) is 0 Å². The minimum absolute atomic E-state index is 0.441. The number of hydrogen-bond acceptors (Lipinski definition) is 3. The number of benzene rings is 7. The lowest BCUT2D eigenvalue weighted by molar-refractivity contribution is 0.312. The Morgan fingerprint density at radius 1 is 0.558 bits per heavy atom. The molecule has 3 nitrogen and oxygen atoms in total. The second-order valence-electron chi connectivity index (χ2n) is 11.1. The second kappa shape index (κ2) is 9.35. The quantitative estimate of drug-likeness (QED) is 0.214. The summed E-state index contributed by atoms with van der Waals surface area (Å²) >= 11 is 1.77. The van der Waals surface area contributed by atoms with Gasteiger partial charge in [0.2, 0.25) is 0 Å². The molecular weight excluding hydrogens is 545 g/mol. The Balaban J connectivity index is 1.15. The standard InChI is InChI=1S/C39H26N2OS/c40-32-18-20-36-38(30-11-5-6-12-35(30)43-36)39(32)42-23-24-13-16-28(17-14-24)41-33-19-15-25-7-3-4-10-29(25)37(33)31-21-26-8-1-2-9-27(26)22-34(31)41/h1-22H,23,40H2. The van der Waals surface area contributed by atoms with E-state index in [1.165, 1.54) is 58.1 Å². The summed E-state index contributed by atoms with van der Waals surface area (Å²) in [5, 5.41) is 9.86. The van der Waals surface area contributed by atoms with Crippen molar-refractivity contribution in [2.45, 2.75) is 6.61 Å². The maximum atomic E-state index is 6.45. The van der Waals surface area contributed by atoms with Crippen LogP contribution in [0.3, 0.4) is 0 Å². The van der Waals surface area contributed by atoms with Gasteiger partial charge in [-0.1, -0.05) is 84.9 Å². The van der Waals surface area contributed by atoms with Gasteiger partial charge in [-0.15, -0.1) is 11.3 Å². The van der Waals surface area contributed by atoms with Gasteiger partial charge in [0.1, 0.15) is 6.61 Å². The Labute approximate surface area is 252 Å². The zero-order valence-electron chi connectivity index (χ0n) is 23.2. The highest BCUT2D eigenvalue weighted by molar-refractivity contribution is 7.25. The van der Waals surface area contributed by atoms with Crippen LogP contribution in [0.1, 0.15) is 5.56 Å². The Morgan fingerprint density at radius 3 is 2.12 bits per heavy atom. The van der Waals surface area contributed by atoms with Crippen LogP contribution < -0.4 is 10.5 Å². The number of rotatable bonds is 4. The maximum Gasteiger partial charge on any atom is 0.151 e. The van der Waals surface area contributed by atoms with E-state index in [2.05, 4.69) is 132 Å². The van der Waals surface area contributed by atoms with E-state index in [1.807, 2.05) is 6.07 Å². The van der Waals surface area contributed by atoms with Crippen LogP contribution in [0, 0.1) is 0 Å². The molecule has 0 radical (unpaired) electrons. The first-order valence-corrected chi connectivity index (χ1v) is 15.3. The lowest BCUT2D eigenvalue weighted by atomic mass is 10.0. The topological polar surface area (TPSA) is 40.2 Å². The molecule has 0 saturated carbocycles. The number of anilines is 1. The fraction of sp³-hybridized carbons (Fsp3) is 0.0256. The van der Waals surface area contributed by atoms with Crippen LogP contribution in [-0.2, 0) is 6.61 Å². The zero-order chi connectivity index (χ0) is 28.5. The molecule has 0 fully saturated rings. The number of fused-ring (bicyclic) bond motifs is 9. The molecule has 0 spiro atoms. The summed E-state index contributed by atoms with van der Waals surface area (Å²) in [5.41, 5.74) is 11.7. The van der Waals surface area contributed by atoms with E-state index in [0.717, 1.165) is 22.4 Å². The van der Waals surface area contributed by atoms with Crippen molar-refractivity contribution in [2.75, 3.05) is 5.73 Å². The molecule has 2 heterocycles. The lowest BCUT2D eigenvalue weighted by Crippen LogP contribution is -2.00. The minimum Gasteiger partial charge on any atom is -0.486 e. The van der Waals surface area contributed by atoms with Gasteiger partial charge in [-0.05, 0) is 75.6 Å². The molecule has 0 aliphatic heterocycles. The van der Waals surface area contributed by atoms with Crippen LogP contribution in [0.25, 0.3) is 69.2 Å². The van der Waals surface area contributed by atoms with Crippen molar-refractivity contribution in [3.63, 3.8) is 0 Å². The van der Waals surface area contributed by atoms with Crippen molar-refractivity contribution in [2.24, 2.45) is 0 Å². The van der Waals surface area contributed by atoms with E-state index in [-0.39, 0.29) is 0 Å². The Hall–Kier alpha value is -5.32. The van der Waals surface area contributed by atoms with E-state index < -0.39 is 0 Å². The molecule has 2 aromatic heterocycles. The third kappa shape index (κ3) is 3.73. The van der Waals surface area contributed by atoms with Gasteiger partial charge < -0.3 is 15.0 Å². The number of hydrogen-bond donors (Lipinski definition) is 1. The van der Waals surface area contributed by atoms with Gasteiger partial charge in [0.15, 0.2) is 5.75 Å². The average Bonchev–Trinajstić information content (AvgIpc) is 3.59. The molecule has 43 heavy (non-hydrogen) atoms. The largest absolute Gasteiger partial charge is 0.486 e. The number of nitrogen functional groups attached to an aromatic ring is 1. The normalized spacial score (nSPS) is 11.9. The number of nitrogens with two attached hydrogens (primary N) is 1.